The number of benzene rings is 3. The Hall–Kier alpha value is -4.33. The van der Waals surface area contributed by atoms with Crippen LogP contribution in [0.5, 0.6) is 5.75 Å². The first-order chi connectivity index (χ1) is 14.4. The fourth-order valence-electron chi connectivity index (χ4n) is 3.20. The third-order valence-corrected chi connectivity index (χ3v) is 4.74. The number of nitro benzene ring substituents is 1. The van der Waals surface area contributed by atoms with Crippen molar-refractivity contribution < 1.29 is 24.0 Å². The van der Waals surface area contributed by atoms with Gasteiger partial charge in [-0.15, -0.1) is 0 Å². The van der Waals surface area contributed by atoms with Gasteiger partial charge in [-0.3, -0.25) is 19.7 Å². The maximum Gasteiger partial charge on any atom is 0.343 e. The van der Waals surface area contributed by atoms with Gasteiger partial charge in [0.05, 0.1) is 27.3 Å². The number of rotatable bonds is 4. The molecule has 3 aromatic carbocycles. The van der Waals surface area contributed by atoms with Crippen LogP contribution in [0.2, 0.25) is 0 Å². The highest BCUT2D eigenvalue weighted by Gasteiger charge is 2.37. The normalized spacial score (nSPS) is 12.6. The number of anilines is 1. The maximum absolute atomic E-state index is 12.9. The highest BCUT2D eigenvalue weighted by molar-refractivity contribution is 6.34. The minimum Gasteiger partial charge on any atom is -0.423 e. The van der Waals surface area contributed by atoms with E-state index < -0.39 is 22.7 Å². The first-order valence-electron chi connectivity index (χ1n) is 8.92. The summed E-state index contributed by atoms with van der Waals surface area (Å²) in [6.07, 6.45) is 0. The van der Waals surface area contributed by atoms with Crippen LogP contribution in [-0.4, -0.2) is 22.7 Å². The number of non-ortho nitro benzene ring substituents is 1. The minimum atomic E-state index is -0.749. The molecule has 8 nitrogen and oxygen atoms in total. The van der Waals surface area contributed by atoms with Gasteiger partial charge in [-0.1, -0.05) is 18.2 Å². The number of carbonyl (C=O) groups excluding carboxylic acids is 3. The Kier molecular flexibility index (Phi) is 4.59. The summed E-state index contributed by atoms with van der Waals surface area (Å²) in [5.41, 5.74) is 1.52. The average Bonchev–Trinajstić information content (AvgIpc) is 2.98. The minimum absolute atomic E-state index is 0.0832. The lowest BCUT2D eigenvalue weighted by Crippen LogP contribution is -2.29. The second-order valence-electron chi connectivity index (χ2n) is 6.63. The van der Waals surface area contributed by atoms with Gasteiger partial charge in [0.2, 0.25) is 0 Å². The second-order valence-corrected chi connectivity index (χ2v) is 6.63. The number of hydrogen-bond acceptors (Lipinski definition) is 6. The van der Waals surface area contributed by atoms with Gasteiger partial charge in [0.25, 0.3) is 17.5 Å². The van der Waals surface area contributed by atoms with Gasteiger partial charge in [0, 0.05) is 12.1 Å². The molecule has 0 aliphatic carbocycles. The lowest BCUT2D eigenvalue weighted by molar-refractivity contribution is -0.384. The van der Waals surface area contributed by atoms with Gasteiger partial charge in [-0.2, -0.15) is 0 Å². The zero-order valence-electron chi connectivity index (χ0n) is 15.7. The van der Waals surface area contributed by atoms with Crippen LogP contribution in [-0.2, 0) is 0 Å². The smallest absolute Gasteiger partial charge is 0.343 e. The molecule has 1 heterocycles. The van der Waals surface area contributed by atoms with Crippen molar-refractivity contribution in [2.45, 2.75) is 6.92 Å². The molecule has 3 aromatic rings. The lowest BCUT2D eigenvalue weighted by Gasteiger charge is -2.16. The third kappa shape index (κ3) is 3.20. The van der Waals surface area contributed by atoms with Gasteiger partial charge < -0.3 is 4.74 Å². The van der Waals surface area contributed by atoms with E-state index in [4.69, 9.17) is 4.74 Å². The van der Waals surface area contributed by atoms with Gasteiger partial charge in [0.15, 0.2) is 0 Å². The molecule has 0 spiro atoms. The van der Waals surface area contributed by atoms with Crippen molar-refractivity contribution in [3.8, 4) is 5.75 Å². The quantitative estimate of drug-likeness (QED) is 0.215. The van der Waals surface area contributed by atoms with E-state index in [9.17, 15) is 24.5 Å². The van der Waals surface area contributed by atoms with Crippen molar-refractivity contribution in [1.29, 1.82) is 0 Å². The molecule has 0 aromatic heterocycles. The molecule has 0 fully saturated rings. The SMILES string of the molecule is Cc1ccccc1N1C(=O)c2ccc(C(=O)Oc3ccc([N+](=O)[O-])cc3)cc2C1=O. The summed E-state index contributed by atoms with van der Waals surface area (Å²) < 4.78 is 5.22. The number of esters is 1. The van der Waals surface area contributed by atoms with Gasteiger partial charge in [-0.25, -0.2) is 9.69 Å². The van der Waals surface area contributed by atoms with Crippen molar-refractivity contribution in [3.63, 3.8) is 0 Å². The topological polar surface area (TPSA) is 107 Å². The van der Waals surface area contributed by atoms with Crippen LogP contribution in [0.15, 0.2) is 66.7 Å². The number of para-hydroxylation sites is 1. The van der Waals surface area contributed by atoms with E-state index in [0.717, 1.165) is 10.5 Å². The highest BCUT2D eigenvalue weighted by Crippen LogP contribution is 2.31. The van der Waals surface area contributed by atoms with Crippen LogP contribution in [0.25, 0.3) is 0 Å². The summed E-state index contributed by atoms with van der Waals surface area (Å²) in [5, 5.41) is 10.7. The monoisotopic (exact) mass is 402 g/mol. The van der Waals surface area contributed by atoms with E-state index in [1.54, 1.807) is 25.1 Å². The molecule has 0 N–H and O–H groups in total. The molecule has 30 heavy (non-hydrogen) atoms. The van der Waals surface area contributed by atoms with Crippen LogP contribution in [0.1, 0.15) is 36.6 Å². The summed E-state index contributed by atoms with van der Waals surface area (Å²) in [6, 6.07) is 16.2. The number of hydrogen-bond donors (Lipinski definition) is 0. The molecule has 8 heteroatoms. The molecule has 0 bridgehead atoms. The summed E-state index contributed by atoms with van der Waals surface area (Å²) in [7, 11) is 0. The molecule has 1 aliphatic heterocycles. The van der Waals surface area contributed by atoms with E-state index in [1.165, 1.54) is 42.5 Å². The molecule has 1 aliphatic rings. The Bertz CT molecular complexity index is 1220. The van der Waals surface area contributed by atoms with Gasteiger partial charge in [0.1, 0.15) is 5.75 Å². The van der Waals surface area contributed by atoms with Gasteiger partial charge >= 0.3 is 5.97 Å². The predicted molar refractivity (Wildman–Crippen MR) is 107 cm³/mol. The van der Waals surface area contributed by atoms with Crippen molar-refractivity contribution in [1.82, 2.24) is 0 Å². The molecule has 0 radical (unpaired) electrons. The summed E-state index contributed by atoms with van der Waals surface area (Å²) in [6.45, 7) is 1.80. The van der Waals surface area contributed by atoms with E-state index in [2.05, 4.69) is 0 Å². The molecule has 0 saturated heterocycles. The van der Waals surface area contributed by atoms with Crippen LogP contribution < -0.4 is 9.64 Å². The Labute approximate surface area is 170 Å². The number of amides is 2. The largest absolute Gasteiger partial charge is 0.423 e. The van der Waals surface area contributed by atoms with Crippen molar-refractivity contribution in [3.05, 3.63) is 99.1 Å². The van der Waals surface area contributed by atoms with E-state index in [1.807, 2.05) is 6.07 Å². The van der Waals surface area contributed by atoms with Crippen molar-refractivity contribution in [2.75, 3.05) is 4.90 Å². The zero-order valence-corrected chi connectivity index (χ0v) is 15.7. The van der Waals surface area contributed by atoms with Gasteiger partial charge in [-0.05, 0) is 48.9 Å². The summed E-state index contributed by atoms with van der Waals surface area (Å²) in [4.78, 5) is 49.3. The third-order valence-electron chi connectivity index (χ3n) is 4.74. The number of fused-ring (bicyclic) bond motifs is 1. The van der Waals surface area contributed by atoms with Crippen LogP contribution in [0.4, 0.5) is 11.4 Å². The molecule has 0 atom stereocenters. The first-order valence-corrected chi connectivity index (χ1v) is 8.92. The Balaban J connectivity index is 1.60. The van der Waals surface area contributed by atoms with Crippen molar-refractivity contribution >= 4 is 29.2 Å². The number of imide groups is 1. The molecule has 2 amide bonds. The van der Waals surface area contributed by atoms with Crippen LogP contribution in [0, 0.1) is 17.0 Å². The highest BCUT2D eigenvalue weighted by atomic mass is 16.6. The van der Waals surface area contributed by atoms with E-state index in [-0.39, 0.29) is 28.1 Å². The number of aryl methyl sites for hydroxylation is 1. The number of nitro groups is 1. The molecule has 148 valence electrons. The average molecular weight is 402 g/mol. The number of nitrogens with zero attached hydrogens (tertiary/aromatic N) is 2. The zero-order chi connectivity index (χ0) is 21.4. The van der Waals surface area contributed by atoms with E-state index >= 15 is 0 Å². The number of ether oxygens (including phenoxy) is 1. The van der Waals surface area contributed by atoms with Crippen molar-refractivity contribution in [2.24, 2.45) is 0 Å². The molecular formula is C22H14N2O6. The lowest BCUT2D eigenvalue weighted by atomic mass is 10.1. The van der Waals surface area contributed by atoms with E-state index in [0.29, 0.717) is 5.69 Å². The second kappa shape index (κ2) is 7.25. The summed E-state index contributed by atoms with van der Waals surface area (Å²) >= 11 is 0. The molecule has 4 rings (SSSR count). The standard InChI is InChI=1S/C22H14N2O6/c1-13-4-2-3-5-19(13)23-20(25)17-11-6-14(12-18(17)21(23)26)22(27)30-16-9-7-15(8-10-16)24(28)29/h2-12H,1H3. The number of carbonyl (C=O) groups is 3. The van der Waals surface area contributed by atoms with Crippen LogP contribution >= 0.6 is 0 Å². The fraction of sp³-hybridized carbons (Fsp3) is 0.0455. The first kappa shape index (κ1) is 19.0. The summed E-state index contributed by atoms with van der Waals surface area (Å²) in [5.74, 6) is -1.61. The predicted octanol–water partition coefficient (Wildman–Crippen LogP) is 3.92. The maximum atomic E-state index is 12.9. The molecular weight excluding hydrogens is 388 g/mol. The fourth-order valence-corrected chi connectivity index (χ4v) is 3.20. The Morgan fingerprint density at radius 2 is 1.60 bits per heavy atom. The molecule has 0 saturated carbocycles. The molecule has 0 unspecified atom stereocenters. The Morgan fingerprint density at radius 1 is 0.933 bits per heavy atom. The van der Waals surface area contributed by atoms with Crippen LogP contribution in [0.3, 0.4) is 0 Å². The Morgan fingerprint density at radius 3 is 2.27 bits per heavy atom.